The van der Waals surface area contributed by atoms with Crippen LogP contribution in [0.4, 0.5) is 5.69 Å². The van der Waals surface area contributed by atoms with Gasteiger partial charge in [0.25, 0.3) is 5.91 Å². The Balaban J connectivity index is 1.40. The number of carbonyl (C=O) groups excluding carboxylic acids is 2. The standard InChI is InChI=1S/C29H27N3O4/c1-3-35-27-17-21(18-31-32-28(33)19-30-23-14-11-20(2)12-15-23)13-16-26(27)36-29(34)25-10-6-8-22-7-4-5-9-24(22)25/h4-18,30H,3,19H2,1-2H3,(H,32,33). The zero-order valence-corrected chi connectivity index (χ0v) is 20.2. The number of nitrogens with zero attached hydrogens (tertiary/aromatic N) is 1. The molecule has 182 valence electrons. The first-order valence-electron chi connectivity index (χ1n) is 11.6. The van der Waals surface area contributed by atoms with Crippen molar-refractivity contribution in [2.24, 2.45) is 5.10 Å². The van der Waals surface area contributed by atoms with E-state index in [1.165, 1.54) is 6.21 Å². The third-order valence-corrected chi connectivity index (χ3v) is 5.39. The van der Waals surface area contributed by atoms with E-state index in [0.717, 1.165) is 22.0 Å². The van der Waals surface area contributed by atoms with Gasteiger partial charge in [-0.25, -0.2) is 10.2 Å². The van der Waals surface area contributed by atoms with Crippen molar-refractivity contribution in [3.05, 3.63) is 102 Å². The van der Waals surface area contributed by atoms with Gasteiger partial charge >= 0.3 is 5.97 Å². The second-order valence-corrected chi connectivity index (χ2v) is 8.07. The van der Waals surface area contributed by atoms with Gasteiger partial charge in [-0.15, -0.1) is 0 Å². The predicted octanol–water partition coefficient (Wildman–Crippen LogP) is 5.33. The molecular formula is C29H27N3O4. The van der Waals surface area contributed by atoms with Crippen LogP contribution in [0.15, 0.2) is 90.0 Å². The van der Waals surface area contributed by atoms with Crippen LogP contribution in [0.3, 0.4) is 0 Å². The summed E-state index contributed by atoms with van der Waals surface area (Å²) in [4.78, 5) is 25.0. The highest BCUT2D eigenvalue weighted by molar-refractivity contribution is 6.05. The summed E-state index contributed by atoms with van der Waals surface area (Å²) in [5, 5.41) is 8.83. The van der Waals surface area contributed by atoms with Gasteiger partial charge in [-0.1, -0.05) is 54.1 Å². The van der Waals surface area contributed by atoms with Gasteiger partial charge in [-0.3, -0.25) is 4.79 Å². The van der Waals surface area contributed by atoms with E-state index in [1.54, 1.807) is 24.3 Å². The van der Waals surface area contributed by atoms with Crippen molar-refractivity contribution in [1.82, 2.24) is 5.43 Å². The second kappa shape index (κ2) is 11.7. The highest BCUT2D eigenvalue weighted by atomic mass is 16.6. The quantitative estimate of drug-likeness (QED) is 0.146. The predicted molar refractivity (Wildman–Crippen MR) is 142 cm³/mol. The van der Waals surface area contributed by atoms with Crippen molar-refractivity contribution in [2.75, 3.05) is 18.5 Å². The minimum atomic E-state index is -0.470. The van der Waals surface area contributed by atoms with Crippen molar-refractivity contribution in [1.29, 1.82) is 0 Å². The van der Waals surface area contributed by atoms with Crippen molar-refractivity contribution in [3.8, 4) is 11.5 Å². The van der Waals surface area contributed by atoms with Crippen LogP contribution in [-0.4, -0.2) is 31.2 Å². The van der Waals surface area contributed by atoms with Crippen LogP contribution in [0, 0.1) is 6.92 Å². The molecule has 0 saturated carbocycles. The zero-order chi connectivity index (χ0) is 25.3. The number of amides is 1. The van der Waals surface area contributed by atoms with E-state index in [2.05, 4.69) is 15.8 Å². The molecule has 0 saturated heterocycles. The third-order valence-electron chi connectivity index (χ3n) is 5.39. The summed E-state index contributed by atoms with van der Waals surface area (Å²) in [5.41, 5.74) is 5.65. The summed E-state index contributed by atoms with van der Waals surface area (Å²) in [6.45, 7) is 4.33. The van der Waals surface area contributed by atoms with Gasteiger partial charge in [0.05, 0.1) is 24.9 Å². The molecule has 0 fully saturated rings. The molecule has 4 rings (SSSR count). The Hall–Kier alpha value is -4.65. The molecule has 0 heterocycles. The summed E-state index contributed by atoms with van der Waals surface area (Å²) >= 11 is 0. The Labute approximate surface area is 209 Å². The van der Waals surface area contributed by atoms with Gasteiger partial charge in [0, 0.05) is 5.69 Å². The second-order valence-electron chi connectivity index (χ2n) is 8.07. The molecule has 0 atom stereocenters. The third kappa shape index (κ3) is 6.27. The Morgan fingerprint density at radius 2 is 1.69 bits per heavy atom. The van der Waals surface area contributed by atoms with Crippen LogP contribution >= 0.6 is 0 Å². The monoisotopic (exact) mass is 481 g/mol. The van der Waals surface area contributed by atoms with Crippen LogP contribution in [0.25, 0.3) is 10.8 Å². The van der Waals surface area contributed by atoms with Gasteiger partial charge in [-0.2, -0.15) is 5.10 Å². The number of nitrogens with one attached hydrogen (secondary N) is 2. The van der Waals surface area contributed by atoms with Crippen LogP contribution in [0.2, 0.25) is 0 Å². The fourth-order valence-electron chi connectivity index (χ4n) is 3.59. The van der Waals surface area contributed by atoms with Crippen molar-refractivity contribution in [3.63, 3.8) is 0 Å². The molecule has 2 N–H and O–H groups in total. The molecule has 0 radical (unpaired) electrons. The van der Waals surface area contributed by atoms with Crippen molar-refractivity contribution in [2.45, 2.75) is 13.8 Å². The lowest BCUT2D eigenvalue weighted by molar-refractivity contribution is -0.119. The Kier molecular flexibility index (Phi) is 7.93. The lowest BCUT2D eigenvalue weighted by Crippen LogP contribution is -2.25. The highest BCUT2D eigenvalue weighted by Crippen LogP contribution is 2.30. The summed E-state index contributed by atoms with van der Waals surface area (Å²) in [5.74, 6) is -0.0410. The van der Waals surface area contributed by atoms with Gasteiger partial charge in [0.15, 0.2) is 11.5 Å². The summed E-state index contributed by atoms with van der Waals surface area (Å²) < 4.78 is 11.4. The maximum atomic E-state index is 12.9. The average molecular weight is 482 g/mol. The molecule has 1 amide bonds. The Morgan fingerprint density at radius 3 is 2.50 bits per heavy atom. The highest BCUT2D eigenvalue weighted by Gasteiger charge is 2.15. The smallest absolute Gasteiger partial charge is 0.344 e. The van der Waals surface area contributed by atoms with E-state index in [0.29, 0.717) is 29.2 Å². The lowest BCUT2D eigenvalue weighted by Gasteiger charge is -2.12. The summed E-state index contributed by atoms with van der Waals surface area (Å²) in [6, 6.07) is 26.0. The van der Waals surface area contributed by atoms with Gasteiger partial charge in [-0.05, 0) is 66.6 Å². The van der Waals surface area contributed by atoms with E-state index in [-0.39, 0.29) is 12.5 Å². The maximum Gasteiger partial charge on any atom is 0.344 e. The van der Waals surface area contributed by atoms with E-state index in [4.69, 9.17) is 9.47 Å². The fourth-order valence-corrected chi connectivity index (χ4v) is 3.59. The average Bonchev–Trinajstić information content (AvgIpc) is 2.89. The number of ether oxygens (including phenoxy) is 2. The topological polar surface area (TPSA) is 89.0 Å². The Bertz CT molecular complexity index is 1390. The molecule has 0 aliphatic heterocycles. The van der Waals surface area contributed by atoms with Crippen LogP contribution in [-0.2, 0) is 4.79 Å². The minimum absolute atomic E-state index is 0.0909. The normalized spacial score (nSPS) is 10.8. The van der Waals surface area contributed by atoms with Crippen LogP contribution in [0.1, 0.15) is 28.4 Å². The summed E-state index contributed by atoms with van der Waals surface area (Å²) in [6.07, 6.45) is 1.50. The number of hydrogen-bond acceptors (Lipinski definition) is 6. The van der Waals surface area contributed by atoms with E-state index in [1.807, 2.05) is 74.5 Å². The molecule has 0 aliphatic rings. The maximum absolute atomic E-state index is 12.9. The number of hydrazone groups is 1. The first-order chi connectivity index (χ1) is 17.5. The number of aryl methyl sites for hydroxylation is 1. The van der Waals surface area contributed by atoms with Crippen molar-refractivity contribution >= 4 is 34.6 Å². The molecule has 0 aromatic heterocycles. The first kappa shape index (κ1) is 24.5. The first-order valence-corrected chi connectivity index (χ1v) is 11.6. The number of esters is 1. The van der Waals surface area contributed by atoms with Crippen LogP contribution < -0.4 is 20.2 Å². The molecule has 0 bridgehead atoms. The van der Waals surface area contributed by atoms with E-state index < -0.39 is 5.97 Å². The van der Waals surface area contributed by atoms with E-state index in [9.17, 15) is 9.59 Å². The number of carbonyl (C=O) groups is 2. The van der Waals surface area contributed by atoms with E-state index >= 15 is 0 Å². The number of fused-ring (bicyclic) bond motifs is 1. The zero-order valence-electron chi connectivity index (χ0n) is 20.2. The molecule has 7 heteroatoms. The fraction of sp³-hybridized carbons (Fsp3) is 0.138. The lowest BCUT2D eigenvalue weighted by atomic mass is 10.0. The van der Waals surface area contributed by atoms with Crippen LogP contribution in [0.5, 0.6) is 11.5 Å². The largest absolute Gasteiger partial charge is 0.490 e. The number of anilines is 1. The van der Waals surface area contributed by atoms with Crippen molar-refractivity contribution < 1.29 is 19.1 Å². The summed E-state index contributed by atoms with van der Waals surface area (Å²) in [7, 11) is 0. The molecule has 4 aromatic rings. The minimum Gasteiger partial charge on any atom is -0.490 e. The molecule has 0 unspecified atom stereocenters. The molecule has 0 spiro atoms. The molecule has 0 aliphatic carbocycles. The molecule has 36 heavy (non-hydrogen) atoms. The van der Waals surface area contributed by atoms with Gasteiger partial charge in [0.2, 0.25) is 0 Å². The SMILES string of the molecule is CCOc1cc(C=NNC(=O)CNc2ccc(C)cc2)ccc1OC(=O)c1cccc2ccccc12. The molecule has 7 nitrogen and oxygen atoms in total. The number of benzene rings is 4. The molecular weight excluding hydrogens is 454 g/mol. The number of hydrogen-bond donors (Lipinski definition) is 2. The Morgan fingerprint density at radius 1 is 0.917 bits per heavy atom. The molecule has 4 aromatic carbocycles. The van der Waals surface area contributed by atoms with Gasteiger partial charge in [0.1, 0.15) is 0 Å². The van der Waals surface area contributed by atoms with Gasteiger partial charge < -0.3 is 14.8 Å². The number of rotatable bonds is 9.